The molecule has 0 saturated heterocycles. The molecule has 0 aromatic rings. The molecule has 0 aliphatic heterocycles. The molecular weight excluding hydrogens is 304 g/mol. The van der Waals surface area contributed by atoms with Gasteiger partial charge in [0.2, 0.25) is 0 Å². The van der Waals surface area contributed by atoms with Gasteiger partial charge in [-0.1, -0.05) is 92.5 Å². The van der Waals surface area contributed by atoms with Crippen LogP contribution < -0.4 is 0 Å². The van der Waals surface area contributed by atoms with Crippen molar-refractivity contribution >= 4 is 0 Å². The third kappa shape index (κ3) is 9.64. The molecule has 0 aliphatic carbocycles. The molecule has 0 bridgehead atoms. The molecule has 1 nitrogen and oxygen atoms in total. The van der Waals surface area contributed by atoms with Crippen molar-refractivity contribution in [1.29, 1.82) is 0 Å². The highest BCUT2D eigenvalue weighted by atomic mass is 16.5. The van der Waals surface area contributed by atoms with E-state index in [2.05, 4.69) is 79.7 Å². The van der Waals surface area contributed by atoms with Gasteiger partial charge in [0.1, 0.15) is 0 Å². The van der Waals surface area contributed by atoms with Gasteiger partial charge in [-0.3, -0.25) is 0 Å². The van der Waals surface area contributed by atoms with E-state index in [-0.39, 0.29) is 0 Å². The fraction of sp³-hybridized carbons (Fsp3) is 0.833. The maximum absolute atomic E-state index is 5.80. The summed E-state index contributed by atoms with van der Waals surface area (Å²) in [6, 6.07) is 0. The fourth-order valence-corrected chi connectivity index (χ4v) is 4.20. The SMILES string of the molecule is CCCC(C)(C)C(C=CCOCC=CC(CC)C(C)(C)CCC)CC. The zero-order valence-electron chi connectivity index (χ0n) is 18.5. The topological polar surface area (TPSA) is 9.23 Å². The Morgan fingerprint density at radius 1 is 0.680 bits per heavy atom. The molecule has 0 aliphatic rings. The molecule has 2 atom stereocenters. The van der Waals surface area contributed by atoms with Crippen LogP contribution in [0.1, 0.15) is 93.9 Å². The van der Waals surface area contributed by atoms with Crippen molar-refractivity contribution in [2.75, 3.05) is 13.2 Å². The summed E-state index contributed by atoms with van der Waals surface area (Å²) in [6.07, 6.45) is 16.7. The van der Waals surface area contributed by atoms with E-state index < -0.39 is 0 Å². The van der Waals surface area contributed by atoms with Crippen LogP contribution in [0.3, 0.4) is 0 Å². The average molecular weight is 351 g/mol. The second-order valence-electron chi connectivity index (χ2n) is 8.90. The summed E-state index contributed by atoms with van der Waals surface area (Å²) >= 11 is 0. The minimum absolute atomic E-state index is 0.388. The normalized spacial score (nSPS) is 16.0. The lowest BCUT2D eigenvalue weighted by Crippen LogP contribution is -2.22. The van der Waals surface area contributed by atoms with Crippen molar-refractivity contribution in [3.05, 3.63) is 24.3 Å². The van der Waals surface area contributed by atoms with Crippen molar-refractivity contribution in [3.8, 4) is 0 Å². The van der Waals surface area contributed by atoms with Crippen LogP contribution in [0, 0.1) is 22.7 Å². The highest BCUT2D eigenvalue weighted by molar-refractivity contribution is 4.97. The second kappa shape index (κ2) is 12.7. The standard InChI is InChI=1S/C24H46O/c1-9-17-23(5,6)21(11-3)15-13-19-25-20-14-16-22(12-4)24(7,8)18-10-2/h13-16,21-22H,9-12,17-20H2,1-8H3. The molecule has 0 N–H and O–H groups in total. The number of hydrogen-bond acceptors (Lipinski definition) is 1. The van der Waals surface area contributed by atoms with Gasteiger partial charge in [0.15, 0.2) is 0 Å². The number of hydrogen-bond donors (Lipinski definition) is 0. The Labute approximate surface area is 159 Å². The van der Waals surface area contributed by atoms with Gasteiger partial charge in [-0.05, 0) is 48.3 Å². The Hall–Kier alpha value is -0.560. The summed E-state index contributed by atoms with van der Waals surface area (Å²) in [5, 5.41) is 0. The van der Waals surface area contributed by atoms with Gasteiger partial charge >= 0.3 is 0 Å². The van der Waals surface area contributed by atoms with Gasteiger partial charge in [-0.25, -0.2) is 0 Å². The molecule has 0 heterocycles. The van der Waals surface area contributed by atoms with Gasteiger partial charge in [0.25, 0.3) is 0 Å². The first-order valence-electron chi connectivity index (χ1n) is 10.7. The van der Waals surface area contributed by atoms with Crippen molar-refractivity contribution in [1.82, 2.24) is 0 Å². The zero-order chi connectivity index (χ0) is 19.3. The van der Waals surface area contributed by atoms with E-state index >= 15 is 0 Å². The molecule has 0 radical (unpaired) electrons. The maximum atomic E-state index is 5.80. The van der Waals surface area contributed by atoms with Crippen molar-refractivity contribution in [3.63, 3.8) is 0 Å². The van der Waals surface area contributed by atoms with Crippen LogP contribution in [0.2, 0.25) is 0 Å². The number of allylic oxidation sites excluding steroid dienone is 2. The van der Waals surface area contributed by atoms with Gasteiger partial charge in [-0.2, -0.15) is 0 Å². The van der Waals surface area contributed by atoms with Crippen LogP contribution in [-0.4, -0.2) is 13.2 Å². The Bertz CT molecular complexity index is 340. The highest BCUT2D eigenvalue weighted by Crippen LogP contribution is 2.35. The van der Waals surface area contributed by atoms with Gasteiger partial charge in [0, 0.05) is 0 Å². The van der Waals surface area contributed by atoms with Crippen molar-refractivity contribution in [2.45, 2.75) is 93.9 Å². The third-order valence-corrected chi connectivity index (χ3v) is 5.84. The molecule has 148 valence electrons. The molecular formula is C24H46O. The van der Waals surface area contributed by atoms with Crippen LogP contribution >= 0.6 is 0 Å². The molecule has 0 rings (SSSR count). The molecule has 1 heteroatoms. The fourth-order valence-electron chi connectivity index (χ4n) is 4.20. The van der Waals surface area contributed by atoms with Crippen LogP contribution in [0.15, 0.2) is 24.3 Å². The predicted octanol–water partition coefficient (Wildman–Crippen LogP) is 7.82. The monoisotopic (exact) mass is 350 g/mol. The second-order valence-corrected chi connectivity index (χ2v) is 8.90. The Balaban J connectivity index is 4.31. The molecule has 0 aromatic carbocycles. The summed E-state index contributed by atoms with van der Waals surface area (Å²) in [7, 11) is 0. The lowest BCUT2D eigenvalue weighted by Gasteiger charge is -2.31. The number of rotatable bonds is 14. The van der Waals surface area contributed by atoms with Crippen molar-refractivity contribution in [2.24, 2.45) is 22.7 Å². The maximum Gasteiger partial charge on any atom is 0.0651 e. The molecule has 0 fully saturated rings. The highest BCUT2D eigenvalue weighted by Gasteiger charge is 2.25. The summed E-state index contributed by atoms with van der Waals surface area (Å²) in [6.45, 7) is 20.1. The Morgan fingerprint density at radius 3 is 1.32 bits per heavy atom. The third-order valence-electron chi connectivity index (χ3n) is 5.84. The first-order valence-corrected chi connectivity index (χ1v) is 10.7. The van der Waals surface area contributed by atoms with Gasteiger partial charge < -0.3 is 4.74 Å². The van der Waals surface area contributed by atoms with Gasteiger partial charge in [-0.15, -0.1) is 0 Å². The van der Waals surface area contributed by atoms with Crippen molar-refractivity contribution < 1.29 is 4.74 Å². The lowest BCUT2D eigenvalue weighted by atomic mass is 9.74. The smallest absolute Gasteiger partial charge is 0.0651 e. The summed E-state index contributed by atoms with van der Waals surface area (Å²) in [5.41, 5.74) is 0.776. The molecule has 25 heavy (non-hydrogen) atoms. The van der Waals surface area contributed by atoms with E-state index in [1.54, 1.807) is 0 Å². The van der Waals surface area contributed by atoms with Crippen LogP contribution in [-0.2, 0) is 4.74 Å². The van der Waals surface area contributed by atoms with Crippen LogP contribution in [0.4, 0.5) is 0 Å². The minimum atomic E-state index is 0.388. The zero-order valence-corrected chi connectivity index (χ0v) is 18.5. The van der Waals surface area contributed by atoms with E-state index in [9.17, 15) is 0 Å². The Kier molecular flexibility index (Phi) is 12.5. The molecule has 2 unspecified atom stereocenters. The van der Waals surface area contributed by atoms with E-state index in [1.807, 2.05) is 0 Å². The Morgan fingerprint density at radius 2 is 1.04 bits per heavy atom. The van der Waals surface area contributed by atoms with Crippen LogP contribution in [0.25, 0.3) is 0 Å². The number of ether oxygens (including phenoxy) is 1. The van der Waals surface area contributed by atoms with E-state index in [0.29, 0.717) is 22.7 Å². The average Bonchev–Trinajstić information content (AvgIpc) is 2.52. The van der Waals surface area contributed by atoms with Gasteiger partial charge in [0.05, 0.1) is 13.2 Å². The first-order chi connectivity index (χ1) is 11.7. The molecule has 0 spiro atoms. The molecule has 0 amide bonds. The lowest BCUT2D eigenvalue weighted by molar-refractivity contribution is 0.188. The quantitative estimate of drug-likeness (QED) is 0.229. The molecule has 0 saturated carbocycles. The molecule has 0 aromatic heterocycles. The predicted molar refractivity (Wildman–Crippen MR) is 114 cm³/mol. The first kappa shape index (κ1) is 24.4. The minimum Gasteiger partial charge on any atom is -0.373 e. The van der Waals surface area contributed by atoms with E-state index in [1.165, 1.54) is 38.5 Å². The van der Waals surface area contributed by atoms with E-state index in [4.69, 9.17) is 4.74 Å². The van der Waals surface area contributed by atoms with E-state index in [0.717, 1.165) is 13.2 Å². The summed E-state index contributed by atoms with van der Waals surface area (Å²) in [5.74, 6) is 1.29. The summed E-state index contributed by atoms with van der Waals surface area (Å²) in [4.78, 5) is 0. The van der Waals surface area contributed by atoms with Crippen LogP contribution in [0.5, 0.6) is 0 Å². The summed E-state index contributed by atoms with van der Waals surface area (Å²) < 4.78 is 5.80. The largest absolute Gasteiger partial charge is 0.373 e.